The molecule has 1 saturated heterocycles. The van der Waals surface area contributed by atoms with Gasteiger partial charge in [-0.25, -0.2) is 0 Å². The minimum Gasteiger partial charge on any atom is -0.354 e. The second kappa shape index (κ2) is 6.13. The number of nitrogens with zero attached hydrogens (tertiary/aromatic N) is 1. The van der Waals surface area contributed by atoms with Gasteiger partial charge in [0.25, 0.3) is 0 Å². The molecule has 2 amide bonds. The number of halogens is 3. The fourth-order valence-electron chi connectivity index (χ4n) is 2.06. The van der Waals surface area contributed by atoms with E-state index in [1.54, 1.807) is 4.90 Å². The highest BCUT2D eigenvalue weighted by Crippen LogP contribution is 2.34. The summed E-state index contributed by atoms with van der Waals surface area (Å²) in [5, 5.41) is 4.85. The lowest BCUT2D eigenvalue weighted by Gasteiger charge is -2.25. The van der Waals surface area contributed by atoms with Crippen molar-refractivity contribution in [3.8, 4) is 0 Å². The Bertz CT molecular complexity index is 546. The van der Waals surface area contributed by atoms with Crippen molar-refractivity contribution in [3.63, 3.8) is 0 Å². The maximum Gasteiger partial charge on any atom is 0.418 e. The second-order valence-corrected chi connectivity index (χ2v) is 4.65. The third kappa shape index (κ3) is 4.19. The van der Waals surface area contributed by atoms with E-state index < -0.39 is 17.6 Å². The first-order valence-corrected chi connectivity index (χ1v) is 6.31. The molecule has 0 saturated carbocycles. The highest BCUT2D eigenvalue weighted by molar-refractivity contribution is 5.93. The molecule has 0 aromatic heterocycles. The van der Waals surface area contributed by atoms with Crippen molar-refractivity contribution >= 4 is 17.5 Å². The molecule has 1 aromatic rings. The van der Waals surface area contributed by atoms with Gasteiger partial charge in [0, 0.05) is 13.1 Å². The van der Waals surface area contributed by atoms with Gasteiger partial charge in [0.15, 0.2) is 0 Å². The van der Waals surface area contributed by atoms with E-state index in [0.29, 0.717) is 13.1 Å². The fourth-order valence-corrected chi connectivity index (χ4v) is 2.06. The quantitative estimate of drug-likeness (QED) is 0.878. The zero-order valence-electron chi connectivity index (χ0n) is 11.0. The summed E-state index contributed by atoms with van der Waals surface area (Å²) >= 11 is 0. The Hall–Kier alpha value is -2.09. The Morgan fingerprint density at radius 2 is 2.05 bits per heavy atom. The topological polar surface area (TPSA) is 61.4 Å². The molecule has 0 radical (unpaired) electrons. The molecule has 1 aromatic carbocycles. The van der Waals surface area contributed by atoms with Gasteiger partial charge in [-0.1, -0.05) is 12.1 Å². The standard InChI is InChI=1S/C13H14F3N3O2/c14-13(15,16)9-3-1-2-4-10(9)18-12(21)8-19-6-5-17-11(20)7-19/h1-4H,5-8H2,(H,17,20)(H,18,21). The van der Waals surface area contributed by atoms with Crippen LogP contribution in [0.25, 0.3) is 0 Å². The number of carbonyl (C=O) groups is 2. The summed E-state index contributed by atoms with van der Waals surface area (Å²) in [5.41, 5.74) is -1.17. The molecule has 8 heteroatoms. The van der Waals surface area contributed by atoms with Crippen molar-refractivity contribution in [1.29, 1.82) is 0 Å². The molecule has 1 aliphatic rings. The van der Waals surface area contributed by atoms with Crippen LogP contribution < -0.4 is 10.6 Å². The molecule has 0 aliphatic carbocycles. The van der Waals surface area contributed by atoms with Crippen molar-refractivity contribution in [2.75, 3.05) is 31.5 Å². The minimum absolute atomic E-state index is 0.0638. The zero-order chi connectivity index (χ0) is 15.5. The predicted molar refractivity (Wildman–Crippen MR) is 69.5 cm³/mol. The van der Waals surface area contributed by atoms with Crippen LogP contribution in [-0.4, -0.2) is 42.9 Å². The molecule has 1 fully saturated rings. The van der Waals surface area contributed by atoms with Crippen molar-refractivity contribution in [2.24, 2.45) is 0 Å². The summed E-state index contributed by atoms with van der Waals surface area (Å²) < 4.78 is 38.4. The number of para-hydroxylation sites is 1. The van der Waals surface area contributed by atoms with Crippen LogP contribution in [0.3, 0.4) is 0 Å². The molecular formula is C13H14F3N3O2. The van der Waals surface area contributed by atoms with E-state index in [9.17, 15) is 22.8 Å². The van der Waals surface area contributed by atoms with Gasteiger partial charge in [-0.15, -0.1) is 0 Å². The Labute approximate surface area is 119 Å². The van der Waals surface area contributed by atoms with Crippen LogP contribution >= 0.6 is 0 Å². The Kier molecular flexibility index (Phi) is 4.46. The summed E-state index contributed by atoms with van der Waals surface area (Å²) in [4.78, 5) is 24.6. The zero-order valence-corrected chi connectivity index (χ0v) is 11.0. The summed E-state index contributed by atoms with van der Waals surface area (Å²) in [6, 6.07) is 4.78. The van der Waals surface area contributed by atoms with Crippen molar-refractivity contribution in [1.82, 2.24) is 10.2 Å². The van der Waals surface area contributed by atoms with Crippen LogP contribution in [-0.2, 0) is 15.8 Å². The SMILES string of the molecule is O=C1CN(CC(=O)Nc2ccccc2C(F)(F)F)CCN1. The average molecular weight is 301 g/mol. The molecule has 0 spiro atoms. The number of rotatable bonds is 3. The molecule has 1 heterocycles. The summed E-state index contributed by atoms with van der Waals surface area (Å²) in [7, 11) is 0. The number of alkyl halides is 3. The van der Waals surface area contributed by atoms with Gasteiger partial charge in [-0.05, 0) is 12.1 Å². The fraction of sp³-hybridized carbons (Fsp3) is 0.385. The lowest BCUT2D eigenvalue weighted by atomic mass is 10.1. The average Bonchev–Trinajstić information content (AvgIpc) is 2.37. The Morgan fingerprint density at radius 3 is 2.71 bits per heavy atom. The van der Waals surface area contributed by atoms with E-state index in [-0.39, 0.29) is 24.7 Å². The lowest BCUT2D eigenvalue weighted by Crippen LogP contribution is -2.49. The number of benzene rings is 1. The van der Waals surface area contributed by atoms with Gasteiger partial charge in [-0.3, -0.25) is 14.5 Å². The molecule has 0 atom stereocenters. The van der Waals surface area contributed by atoms with Crippen molar-refractivity contribution in [2.45, 2.75) is 6.18 Å². The van der Waals surface area contributed by atoms with Crippen LogP contribution in [0.1, 0.15) is 5.56 Å². The Balaban J connectivity index is 2.01. The number of anilines is 1. The van der Waals surface area contributed by atoms with Gasteiger partial charge >= 0.3 is 6.18 Å². The van der Waals surface area contributed by atoms with E-state index in [1.807, 2.05) is 0 Å². The van der Waals surface area contributed by atoms with Gasteiger partial charge in [0.1, 0.15) is 0 Å². The monoisotopic (exact) mass is 301 g/mol. The molecule has 2 N–H and O–H groups in total. The molecule has 114 valence electrons. The summed E-state index contributed by atoms with van der Waals surface area (Å²) in [6.07, 6.45) is -4.53. The third-order valence-corrected chi connectivity index (χ3v) is 2.99. The molecule has 2 rings (SSSR count). The van der Waals surface area contributed by atoms with Crippen LogP contribution in [0.5, 0.6) is 0 Å². The predicted octanol–water partition coefficient (Wildman–Crippen LogP) is 1.08. The molecule has 1 aliphatic heterocycles. The highest BCUT2D eigenvalue weighted by atomic mass is 19.4. The first-order valence-electron chi connectivity index (χ1n) is 6.31. The first kappa shape index (κ1) is 15.3. The number of hydrogen-bond acceptors (Lipinski definition) is 3. The van der Waals surface area contributed by atoms with Crippen molar-refractivity contribution in [3.05, 3.63) is 29.8 Å². The first-order chi connectivity index (χ1) is 9.86. The van der Waals surface area contributed by atoms with Crippen LogP contribution in [0.2, 0.25) is 0 Å². The second-order valence-electron chi connectivity index (χ2n) is 4.65. The lowest BCUT2D eigenvalue weighted by molar-refractivity contribution is -0.137. The maximum absolute atomic E-state index is 12.8. The number of amides is 2. The number of nitrogens with one attached hydrogen (secondary N) is 2. The summed E-state index contributed by atoms with van der Waals surface area (Å²) in [5.74, 6) is -0.786. The van der Waals surface area contributed by atoms with Gasteiger partial charge in [-0.2, -0.15) is 13.2 Å². The molecule has 0 unspecified atom stereocenters. The third-order valence-electron chi connectivity index (χ3n) is 2.99. The molecule has 5 nitrogen and oxygen atoms in total. The minimum atomic E-state index is -4.53. The molecular weight excluding hydrogens is 287 g/mol. The van der Waals surface area contributed by atoms with Crippen LogP contribution in [0.4, 0.5) is 18.9 Å². The van der Waals surface area contributed by atoms with Gasteiger partial charge in [0.05, 0.1) is 24.3 Å². The molecule has 0 bridgehead atoms. The van der Waals surface area contributed by atoms with E-state index >= 15 is 0 Å². The van der Waals surface area contributed by atoms with Crippen LogP contribution in [0, 0.1) is 0 Å². The number of piperazine rings is 1. The number of hydrogen-bond donors (Lipinski definition) is 2. The van der Waals surface area contributed by atoms with E-state index in [0.717, 1.165) is 6.07 Å². The largest absolute Gasteiger partial charge is 0.418 e. The van der Waals surface area contributed by atoms with E-state index in [2.05, 4.69) is 10.6 Å². The summed E-state index contributed by atoms with van der Waals surface area (Å²) in [6.45, 7) is 0.847. The van der Waals surface area contributed by atoms with Crippen molar-refractivity contribution < 1.29 is 22.8 Å². The highest BCUT2D eigenvalue weighted by Gasteiger charge is 2.33. The maximum atomic E-state index is 12.8. The van der Waals surface area contributed by atoms with Crippen LogP contribution in [0.15, 0.2) is 24.3 Å². The van der Waals surface area contributed by atoms with E-state index in [4.69, 9.17) is 0 Å². The molecule has 21 heavy (non-hydrogen) atoms. The normalized spacial score (nSPS) is 16.4. The Morgan fingerprint density at radius 1 is 1.33 bits per heavy atom. The van der Waals surface area contributed by atoms with Gasteiger partial charge in [0.2, 0.25) is 11.8 Å². The number of carbonyl (C=O) groups excluding carboxylic acids is 2. The smallest absolute Gasteiger partial charge is 0.354 e. The van der Waals surface area contributed by atoms with E-state index in [1.165, 1.54) is 18.2 Å². The van der Waals surface area contributed by atoms with Gasteiger partial charge < -0.3 is 10.6 Å².